The highest BCUT2D eigenvalue weighted by Gasteiger charge is 2.37. The van der Waals surface area contributed by atoms with Crippen LogP contribution >= 0.6 is 0 Å². The number of aryl methyl sites for hydroxylation is 1. The molecule has 0 fully saturated rings. The fourth-order valence-corrected chi connectivity index (χ4v) is 5.26. The highest BCUT2D eigenvalue weighted by atomic mass is 16.5. The molecule has 1 aliphatic rings. The number of fused-ring (bicyclic) bond motifs is 1. The van der Waals surface area contributed by atoms with Crippen molar-refractivity contribution in [1.29, 1.82) is 0 Å². The SMILES string of the molecule is Cc1cccc(C[C@H]2NC(=O)[C@H](C(C)O)N(C)C(O)[C@H](C(C)C)NCCOc3ccccc3C[C@H](O)CNC2=O)c1. The van der Waals surface area contributed by atoms with Crippen LogP contribution in [0.3, 0.4) is 0 Å². The lowest BCUT2D eigenvalue weighted by molar-refractivity contribution is -0.141. The Balaban J connectivity index is 1.94. The summed E-state index contributed by atoms with van der Waals surface area (Å²) in [5.74, 6) is -0.425. The minimum absolute atomic E-state index is 0.0157. The second-order valence-electron chi connectivity index (χ2n) is 11.3. The average Bonchev–Trinajstić information content (AvgIpc) is 2.91. The summed E-state index contributed by atoms with van der Waals surface area (Å²) in [5, 5.41) is 41.7. The van der Waals surface area contributed by atoms with Crippen LogP contribution in [0.4, 0.5) is 0 Å². The van der Waals surface area contributed by atoms with Crippen LogP contribution < -0.4 is 20.7 Å². The molecule has 0 aliphatic carbocycles. The zero-order chi connectivity index (χ0) is 30.1. The van der Waals surface area contributed by atoms with Crippen molar-refractivity contribution < 1.29 is 29.6 Å². The predicted molar refractivity (Wildman–Crippen MR) is 157 cm³/mol. The van der Waals surface area contributed by atoms with Gasteiger partial charge in [-0.05, 0) is 44.0 Å². The van der Waals surface area contributed by atoms with Crippen molar-refractivity contribution in [3.63, 3.8) is 0 Å². The number of β-amino-alcohol motifs (C(OH)–C–C–N with tert-alkyl or cyclic N) is 1. The summed E-state index contributed by atoms with van der Waals surface area (Å²) in [6.07, 6.45) is -2.67. The number of benzene rings is 2. The lowest BCUT2D eigenvalue weighted by atomic mass is 9.99. The summed E-state index contributed by atoms with van der Waals surface area (Å²) >= 11 is 0. The largest absolute Gasteiger partial charge is 0.492 e. The molecular formula is C31H46N4O6. The van der Waals surface area contributed by atoms with Gasteiger partial charge in [0.2, 0.25) is 11.8 Å². The van der Waals surface area contributed by atoms with Gasteiger partial charge < -0.3 is 36.0 Å². The van der Waals surface area contributed by atoms with E-state index in [9.17, 15) is 24.9 Å². The molecule has 10 nitrogen and oxygen atoms in total. The van der Waals surface area contributed by atoms with Gasteiger partial charge in [0.15, 0.2) is 0 Å². The fourth-order valence-electron chi connectivity index (χ4n) is 5.26. The van der Waals surface area contributed by atoms with Gasteiger partial charge in [0, 0.05) is 32.0 Å². The standard InChI is InChI=1S/C31H46N4O6/c1-19(2)27-31(40)35(5)28(21(4)36)30(39)34-25(16-22-10-8-9-20(3)15-22)29(38)33-18-24(37)17-23-11-6-7-12-26(23)41-14-13-32-27/h6-12,15,19,21,24-25,27-28,31-32,36-37,40H,13-14,16-18H2,1-5H3,(H,33,38)(H,34,39)/t21?,24-,25+,27-,28-,31?/m0/s1. The maximum Gasteiger partial charge on any atom is 0.243 e. The van der Waals surface area contributed by atoms with E-state index < -0.39 is 48.4 Å². The molecule has 41 heavy (non-hydrogen) atoms. The first-order valence-electron chi connectivity index (χ1n) is 14.3. The number of nitrogens with zero attached hydrogens (tertiary/aromatic N) is 1. The Morgan fingerprint density at radius 1 is 1.05 bits per heavy atom. The van der Waals surface area contributed by atoms with Gasteiger partial charge in [0.05, 0.1) is 12.2 Å². The number of hydrogen-bond acceptors (Lipinski definition) is 8. The number of amides is 2. The minimum atomic E-state index is -1.14. The number of hydrogen-bond donors (Lipinski definition) is 6. The molecule has 226 valence electrons. The molecule has 2 aromatic rings. The van der Waals surface area contributed by atoms with E-state index in [0.29, 0.717) is 18.9 Å². The van der Waals surface area contributed by atoms with Gasteiger partial charge in [-0.3, -0.25) is 14.5 Å². The third-order valence-electron chi connectivity index (χ3n) is 7.46. The Hall–Kier alpha value is -3.02. The molecule has 2 amide bonds. The molecule has 0 saturated carbocycles. The van der Waals surface area contributed by atoms with Gasteiger partial charge in [0.1, 0.15) is 30.7 Å². The van der Waals surface area contributed by atoms with Crippen LogP contribution in [-0.2, 0) is 22.4 Å². The molecule has 1 heterocycles. The zero-order valence-corrected chi connectivity index (χ0v) is 24.7. The molecule has 3 rings (SSSR count). The van der Waals surface area contributed by atoms with Crippen LogP contribution in [0.25, 0.3) is 0 Å². The number of likely N-dealkylation sites (N-methyl/N-ethyl adjacent to an activating group) is 1. The maximum absolute atomic E-state index is 13.6. The Morgan fingerprint density at radius 3 is 2.46 bits per heavy atom. The summed E-state index contributed by atoms with van der Waals surface area (Å²) in [5.41, 5.74) is 2.67. The summed E-state index contributed by atoms with van der Waals surface area (Å²) in [6.45, 7) is 8.05. The Morgan fingerprint density at radius 2 is 1.78 bits per heavy atom. The van der Waals surface area contributed by atoms with E-state index in [1.807, 2.05) is 69.3 Å². The number of nitrogens with one attached hydrogen (secondary N) is 3. The molecule has 10 heteroatoms. The first kappa shape index (κ1) is 32.5. The summed E-state index contributed by atoms with van der Waals surface area (Å²) < 4.78 is 6.00. The van der Waals surface area contributed by atoms with Crippen LogP contribution in [0.1, 0.15) is 37.5 Å². The molecule has 2 aromatic carbocycles. The zero-order valence-electron chi connectivity index (χ0n) is 24.7. The van der Waals surface area contributed by atoms with Gasteiger partial charge in [-0.1, -0.05) is 61.9 Å². The van der Waals surface area contributed by atoms with E-state index in [4.69, 9.17) is 4.74 Å². The van der Waals surface area contributed by atoms with E-state index in [-0.39, 0.29) is 25.3 Å². The lowest BCUT2D eigenvalue weighted by Crippen LogP contribution is -2.62. The van der Waals surface area contributed by atoms with Crippen LogP contribution in [-0.4, -0.2) is 95.3 Å². The molecular weight excluding hydrogens is 524 g/mol. The molecule has 0 aromatic heterocycles. The number of ether oxygens (including phenoxy) is 1. The topological polar surface area (TPSA) is 143 Å². The Labute approximate surface area is 243 Å². The number of rotatable bonds is 4. The van der Waals surface area contributed by atoms with Gasteiger partial charge in [0.25, 0.3) is 0 Å². The van der Waals surface area contributed by atoms with Crippen LogP contribution in [0, 0.1) is 12.8 Å². The smallest absolute Gasteiger partial charge is 0.243 e. The van der Waals surface area contributed by atoms with Crippen LogP contribution in [0.5, 0.6) is 5.75 Å². The molecule has 0 bridgehead atoms. The second kappa shape index (κ2) is 15.3. The van der Waals surface area contributed by atoms with Crippen LogP contribution in [0.15, 0.2) is 48.5 Å². The predicted octanol–water partition coefficient (Wildman–Crippen LogP) is 0.748. The monoisotopic (exact) mass is 570 g/mol. The van der Waals surface area contributed by atoms with E-state index in [1.54, 1.807) is 7.05 Å². The molecule has 0 radical (unpaired) electrons. The number of aliphatic hydroxyl groups is 3. The molecule has 0 saturated heterocycles. The molecule has 6 atom stereocenters. The molecule has 6 N–H and O–H groups in total. The van der Waals surface area contributed by atoms with Crippen molar-refractivity contribution in [3.8, 4) is 5.75 Å². The highest BCUT2D eigenvalue weighted by molar-refractivity contribution is 5.90. The number of aliphatic hydroxyl groups excluding tert-OH is 3. The first-order valence-corrected chi connectivity index (χ1v) is 14.3. The van der Waals surface area contributed by atoms with E-state index in [0.717, 1.165) is 16.7 Å². The number of para-hydroxylation sites is 1. The van der Waals surface area contributed by atoms with Gasteiger partial charge in [-0.2, -0.15) is 0 Å². The third-order valence-corrected chi connectivity index (χ3v) is 7.46. The Bertz CT molecular complexity index is 1140. The molecule has 2 unspecified atom stereocenters. The van der Waals surface area contributed by atoms with Gasteiger partial charge >= 0.3 is 0 Å². The van der Waals surface area contributed by atoms with Crippen molar-refractivity contribution in [3.05, 3.63) is 65.2 Å². The quantitative estimate of drug-likeness (QED) is 0.316. The maximum atomic E-state index is 13.6. The van der Waals surface area contributed by atoms with E-state index in [1.165, 1.54) is 11.8 Å². The van der Waals surface area contributed by atoms with Crippen molar-refractivity contribution in [2.45, 2.75) is 77.1 Å². The van der Waals surface area contributed by atoms with Crippen molar-refractivity contribution >= 4 is 11.8 Å². The van der Waals surface area contributed by atoms with Crippen molar-refractivity contribution in [2.24, 2.45) is 5.92 Å². The summed E-state index contributed by atoms with van der Waals surface area (Å²) in [7, 11) is 1.58. The third kappa shape index (κ3) is 9.24. The van der Waals surface area contributed by atoms with Crippen molar-refractivity contribution in [2.75, 3.05) is 26.7 Å². The van der Waals surface area contributed by atoms with Gasteiger partial charge in [-0.25, -0.2) is 0 Å². The van der Waals surface area contributed by atoms with Crippen LogP contribution in [0.2, 0.25) is 0 Å². The van der Waals surface area contributed by atoms with Gasteiger partial charge in [-0.15, -0.1) is 0 Å². The van der Waals surface area contributed by atoms with E-state index >= 15 is 0 Å². The van der Waals surface area contributed by atoms with E-state index in [2.05, 4.69) is 16.0 Å². The average molecular weight is 571 g/mol. The molecule has 1 aliphatic heterocycles. The Kier molecular flexibility index (Phi) is 12.1. The highest BCUT2D eigenvalue weighted by Crippen LogP contribution is 2.20. The molecule has 0 spiro atoms. The number of carbonyl (C=O) groups is 2. The lowest BCUT2D eigenvalue weighted by Gasteiger charge is -2.39. The van der Waals surface area contributed by atoms with Crippen molar-refractivity contribution in [1.82, 2.24) is 20.9 Å². The summed E-state index contributed by atoms with van der Waals surface area (Å²) in [4.78, 5) is 28.4. The first-order chi connectivity index (χ1) is 19.5. The normalized spacial score (nSPS) is 26.6. The summed E-state index contributed by atoms with van der Waals surface area (Å²) in [6, 6.07) is 12.5. The fraction of sp³-hybridized carbons (Fsp3) is 0.548. The number of carbonyl (C=O) groups excluding carboxylic acids is 2. The second-order valence-corrected chi connectivity index (χ2v) is 11.3. The minimum Gasteiger partial charge on any atom is -0.492 e.